The van der Waals surface area contributed by atoms with Crippen LogP contribution in [0, 0.1) is 0 Å². The Morgan fingerprint density at radius 3 is 0.663 bits per heavy atom. The van der Waals surface area contributed by atoms with Crippen LogP contribution in [-0.4, -0.2) is 466 Å². The first-order chi connectivity index (χ1) is 48.9. The molecule has 0 rings (SSSR count). The molecule has 0 spiro atoms. The molecule has 0 saturated heterocycles. The molecule has 0 aromatic carbocycles. The SMILES string of the molecule is O=C(O)[B]C(=O)N(CCO)CCCO.O=C(O)[B]C(=O)OCCN(CCO)C(=O)[B]C(=O)O.O=C(O)[B]C(=O)OCCN(CCOC(=O)[B]C(=O)O)C(=O)[B]C(=O)O.O=C(O)[B]C(=O)OCC[NH2+]CCO.O=C([O-])[B]C(=O)N(CCO)CCO.O=C([O-])[B]C(=O)N(CCO)CCO.OCC[NH2+]CCO. The number of nitrogens with zero attached hydrogens (tertiary/aromatic N) is 5. The Bertz CT molecular complexity index is 2470. The molecular formula is C47H79B9N7O41. The van der Waals surface area contributed by atoms with Crippen LogP contribution in [0.3, 0.4) is 0 Å². The van der Waals surface area contributed by atoms with Crippen molar-refractivity contribution in [3.8, 4) is 0 Å². The topological polar surface area (TPSA) is 784 Å². The Hall–Kier alpha value is -9.44. The number of carboxylic acid groups (broad SMARTS) is 9. The second-order valence-electron chi connectivity index (χ2n) is 17.9. The number of amides is 5. The van der Waals surface area contributed by atoms with Gasteiger partial charge in [0.05, 0.1) is 98.7 Å². The maximum absolute atomic E-state index is 11.7. The predicted molar refractivity (Wildman–Crippen MR) is 348 cm³/mol. The molecule has 0 aromatic heterocycles. The summed E-state index contributed by atoms with van der Waals surface area (Å²) in [5, 5.41) is 166. The summed E-state index contributed by atoms with van der Waals surface area (Å²) in [5.74, 6) is -21.7. The van der Waals surface area contributed by atoms with Gasteiger partial charge in [-0.25, -0.2) is 0 Å². The van der Waals surface area contributed by atoms with E-state index in [9.17, 15) is 96.5 Å². The minimum Gasteiger partial charge on any atom is -0.561 e. The maximum Gasteiger partial charge on any atom is 0.405 e. The molecule has 0 atom stereocenters. The second kappa shape index (κ2) is 74.7. The second-order valence-corrected chi connectivity index (χ2v) is 17.9. The average molecular weight is 1500 g/mol. The first-order valence-corrected chi connectivity index (χ1v) is 29.4. The van der Waals surface area contributed by atoms with Gasteiger partial charge in [-0.05, 0) is 6.42 Å². The Morgan fingerprint density at radius 2 is 0.452 bits per heavy atom. The van der Waals surface area contributed by atoms with Gasteiger partial charge >= 0.3 is 51.0 Å². The van der Waals surface area contributed by atoms with Crippen LogP contribution in [0.4, 0.5) is 86.3 Å². The molecule has 21 N–H and O–H groups in total. The summed E-state index contributed by atoms with van der Waals surface area (Å²) in [6.07, 6.45) is 0.360. The van der Waals surface area contributed by atoms with Gasteiger partial charge in [0.1, 0.15) is 33.0 Å². The number of ether oxygens (including phenoxy) is 4. The third-order valence-corrected chi connectivity index (χ3v) is 9.94. The fourth-order valence-electron chi connectivity index (χ4n) is 5.77. The van der Waals surface area contributed by atoms with Crippen molar-refractivity contribution < 1.29 is 213 Å². The van der Waals surface area contributed by atoms with Gasteiger partial charge in [-0.1, -0.05) is 0 Å². The van der Waals surface area contributed by atoms with E-state index in [0.717, 1.165) is 19.6 Å². The zero-order chi connectivity index (χ0) is 81.4. The van der Waals surface area contributed by atoms with Crippen molar-refractivity contribution in [1.29, 1.82) is 0 Å². The van der Waals surface area contributed by atoms with Crippen molar-refractivity contribution in [3.63, 3.8) is 0 Å². The molecule has 0 saturated carbocycles. The third kappa shape index (κ3) is 81.5. The van der Waals surface area contributed by atoms with Crippen molar-refractivity contribution >= 4 is 171 Å². The van der Waals surface area contributed by atoms with Crippen LogP contribution in [0.2, 0.25) is 0 Å². The van der Waals surface area contributed by atoms with Gasteiger partial charge in [0.15, 0.2) is 29.0 Å². The van der Waals surface area contributed by atoms with Crippen LogP contribution in [0.5, 0.6) is 0 Å². The van der Waals surface area contributed by atoms with E-state index in [4.69, 9.17) is 86.8 Å². The number of carbonyl (C=O) groups excluding carboxylic acids is 11. The number of quaternary nitrogens is 2. The molecule has 0 aliphatic rings. The minimum atomic E-state index is -1.59. The summed E-state index contributed by atoms with van der Waals surface area (Å²) >= 11 is 0. The van der Waals surface area contributed by atoms with Gasteiger partial charge in [0.25, 0.3) is 79.1 Å². The van der Waals surface area contributed by atoms with Gasteiger partial charge in [0.2, 0.25) is 0 Å². The Balaban J connectivity index is -0.000000217. The molecule has 0 unspecified atom stereocenters. The fraction of sp³-hybridized carbons (Fsp3) is 0.617. The van der Waals surface area contributed by atoms with E-state index in [0.29, 0.717) is 83.6 Å². The average Bonchev–Trinajstić information content (AvgIpc) is 0.941. The predicted octanol–water partition coefficient (Wildman–Crippen LogP) is -11.2. The van der Waals surface area contributed by atoms with Crippen molar-refractivity contribution in [2.75, 3.05) is 184 Å². The van der Waals surface area contributed by atoms with Crippen molar-refractivity contribution in [2.45, 2.75) is 6.42 Å². The Labute approximate surface area is 597 Å². The Kier molecular flexibility index (Phi) is 77.6. The highest BCUT2D eigenvalue weighted by Crippen LogP contribution is 1.98. The first-order valence-electron chi connectivity index (χ1n) is 29.4. The number of hydrogen-bond donors (Lipinski definition) is 19. The zero-order valence-corrected chi connectivity index (χ0v) is 55.5. The molecule has 0 aliphatic carbocycles. The molecule has 57 heteroatoms. The lowest BCUT2D eigenvalue weighted by atomic mass is 9.77. The molecule has 104 heavy (non-hydrogen) atoms. The van der Waals surface area contributed by atoms with Gasteiger partial charge in [-0.2, -0.15) is 0 Å². The lowest BCUT2D eigenvalue weighted by Gasteiger charge is -2.21. The van der Waals surface area contributed by atoms with E-state index in [-0.39, 0.29) is 153 Å². The summed E-state index contributed by atoms with van der Waals surface area (Å²) in [7, 11) is 3.28. The highest BCUT2D eigenvalue weighted by Gasteiger charge is 2.24. The van der Waals surface area contributed by atoms with E-state index in [1.807, 2.05) is 5.32 Å². The summed E-state index contributed by atoms with van der Waals surface area (Å²) in [5.41, 5.74) is 0. The van der Waals surface area contributed by atoms with Crippen LogP contribution in [-0.2, 0) is 18.9 Å². The zero-order valence-electron chi connectivity index (χ0n) is 55.5. The van der Waals surface area contributed by atoms with Crippen molar-refractivity contribution in [1.82, 2.24) is 24.5 Å². The van der Waals surface area contributed by atoms with Crippen LogP contribution in [0.25, 0.3) is 0 Å². The number of carbonyl (C=O) groups is 18. The lowest BCUT2D eigenvalue weighted by molar-refractivity contribution is -0.657. The van der Waals surface area contributed by atoms with E-state index < -0.39 is 125 Å². The maximum atomic E-state index is 11.7. The van der Waals surface area contributed by atoms with Crippen molar-refractivity contribution in [2.24, 2.45) is 0 Å². The third-order valence-electron chi connectivity index (χ3n) is 9.94. The summed E-state index contributed by atoms with van der Waals surface area (Å²) in [6.45, 7) is -0.690. The van der Waals surface area contributed by atoms with E-state index in [1.165, 1.54) is 4.90 Å². The number of rotatable bonds is 51. The minimum absolute atomic E-state index is 0.0107. The number of aliphatic hydroxyl groups is 10. The summed E-state index contributed by atoms with van der Waals surface area (Å²) < 4.78 is 18.0. The van der Waals surface area contributed by atoms with Gasteiger partial charge in [-0.3, -0.25) is 76.7 Å². The monoisotopic (exact) mass is 1500 g/mol. The molecule has 0 aromatic rings. The van der Waals surface area contributed by atoms with Gasteiger partial charge in [0, 0.05) is 64.2 Å². The fourth-order valence-corrected chi connectivity index (χ4v) is 5.77. The van der Waals surface area contributed by atoms with Crippen molar-refractivity contribution in [3.05, 3.63) is 0 Å². The van der Waals surface area contributed by atoms with Crippen LogP contribution in [0.1, 0.15) is 6.42 Å². The molecule has 575 valence electrons. The molecule has 48 nitrogen and oxygen atoms in total. The van der Waals surface area contributed by atoms with Crippen LogP contribution < -0.4 is 20.8 Å². The van der Waals surface area contributed by atoms with E-state index in [1.54, 1.807) is 5.32 Å². The molecule has 0 heterocycles. The molecule has 0 bridgehead atoms. The quantitative estimate of drug-likeness (QED) is 0.0153. The van der Waals surface area contributed by atoms with Gasteiger partial charge in [-0.15, -0.1) is 0 Å². The summed E-state index contributed by atoms with van der Waals surface area (Å²) in [6, 6.07) is 0. The molecule has 9 radical (unpaired) electrons. The Morgan fingerprint density at radius 1 is 0.250 bits per heavy atom. The van der Waals surface area contributed by atoms with Gasteiger partial charge < -0.3 is 161 Å². The highest BCUT2D eigenvalue weighted by molar-refractivity contribution is 6.98. The molecule has 5 amide bonds. The first kappa shape index (κ1) is 108. The number of nitrogens with two attached hydrogens (primary N) is 2. The number of aliphatic hydroxyl groups excluding tert-OH is 10. The van der Waals surface area contributed by atoms with Crippen LogP contribution >= 0.6 is 0 Å². The molecule has 0 fully saturated rings. The largest absolute Gasteiger partial charge is 0.561 e. The normalized spacial score (nSPS) is 9.37. The molecule has 0 aliphatic heterocycles. The smallest absolute Gasteiger partial charge is 0.405 e. The molecular weight excluding hydrogens is 1420 g/mol. The van der Waals surface area contributed by atoms with E-state index >= 15 is 0 Å². The highest BCUT2D eigenvalue weighted by atomic mass is 16.5. The van der Waals surface area contributed by atoms with E-state index in [2.05, 4.69) is 18.9 Å². The number of hydrogen-bond acceptors (Lipinski definition) is 34. The van der Waals surface area contributed by atoms with Crippen LogP contribution in [0.15, 0.2) is 0 Å². The summed E-state index contributed by atoms with van der Waals surface area (Å²) in [4.78, 5) is 196. The lowest BCUT2D eigenvalue weighted by Crippen LogP contribution is -2.86. The standard InChI is InChI=1S/C10H11B3NO11.C8H11B2NO8.C7H13BNO5.3C6H11BNO5.C4H11NO2/c15-5(11-6(16)17)14(1-3-24-9(22)12-7(18)19)2-4-25-10(23)13-8(20)21;12-3-1-11(5(13)9-6(14)15)2-4-19-8(18)10-7(16)17;10-4-1-2-9(3-5-11)6(12)8-7(13)14;9-3-1-8-2-4-13-6(12)7-5(10)11;2*9-3-1-8(2-4-10)5(11)7-6(12)13;6-3-1-5-2-4-7/h1-4H2,(H,16,17)(H,18,19)(H,20,21);12H,1-4H2,(H,14,15)(H,16,17);10-11H,1-5H2,(H,13,14);8-9H,1-4H2,(H,10,11);2*9-10H,1-4H2,(H,12,13);5-7H,1-4H2.